The molecule has 88 valence electrons. The van der Waals surface area contributed by atoms with Crippen molar-refractivity contribution >= 4 is 16.7 Å². The van der Waals surface area contributed by atoms with Crippen molar-refractivity contribution in [3.63, 3.8) is 0 Å². The zero-order valence-corrected chi connectivity index (χ0v) is 10.6. The predicted molar refractivity (Wildman–Crippen MR) is 61.9 cm³/mol. The molecule has 1 fully saturated rings. The minimum atomic E-state index is -0.871. The highest BCUT2D eigenvalue weighted by atomic mass is 32.2. The Morgan fingerprint density at radius 3 is 2.60 bits per heavy atom. The second kappa shape index (κ2) is 5.07. The van der Waals surface area contributed by atoms with E-state index in [0.717, 1.165) is 6.42 Å². The van der Waals surface area contributed by atoms with Gasteiger partial charge >= 0.3 is 0 Å². The summed E-state index contributed by atoms with van der Waals surface area (Å²) in [5, 5.41) is 3.26. The van der Waals surface area contributed by atoms with E-state index in [4.69, 9.17) is 0 Å². The summed E-state index contributed by atoms with van der Waals surface area (Å²) < 4.78 is 11.2. The number of nitrogens with zero attached hydrogens (tertiary/aromatic N) is 1. The molecule has 0 bridgehead atoms. The molecule has 5 heteroatoms. The van der Waals surface area contributed by atoms with Gasteiger partial charge in [0.15, 0.2) is 0 Å². The van der Waals surface area contributed by atoms with E-state index in [0.29, 0.717) is 6.54 Å². The maximum absolute atomic E-state index is 11.9. The summed E-state index contributed by atoms with van der Waals surface area (Å²) in [4.78, 5) is 13.7. The largest absolute Gasteiger partial charge is 0.325 e. The topological polar surface area (TPSA) is 49.4 Å². The Kier molecular flexibility index (Phi) is 4.28. The van der Waals surface area contributed by atoms with Crippen molar-refractivity contribution in [1.82, 2.24) is 10.2 Å². The molecule has 1 rings (SSSR count). The van der Waals surface area contributed by atoms with Gasteiger partial charge < -0.3 is 4.90 Å². The minimum absolute atomic E-state index is 0.0359. The molecule has 1 N–H and O–H groups in total. The Labute approximate surface area is 93.9 Å². The molecule has 0 saturated carbocycles. The lowest BCUT2D eigenvalue weighted by molar-refractivity contribution is -0.129. The molecule has 15 heavy (non-hydrogen) atoms. The molecule has 1 aliphatic heterocycles. The lowest BCUT2D eigenvalue weighted by atomic mass is 10.2. The van der Waals surface area contributed by atoms with Crippen LogP contribution in [-0.4, -0.2) is 45.3 Å². The molecule has 1 heterocycles. The van der Waals surface area contributed by atoms with Gasteiger partial charge in [-0.1, -0.05) is 6.92 Å². The lowest BCUT2D eigenvalue weighted by Crippen LogP contribution is -2.40. The third-order valence-corrected chi connectivity index (χ3v) is 4.20. The monoisotopic (exact) mass is 232 g/mol. The van der Waals surface area contributed by atoms with E-state index in [1.807, 2.05) is 20.8 Å². The zero-order valence-electron chi connectivity index (χ0n) is 9.82. The molecule has 4 unspecified atom stereocenters. The summed E-state index contributed by atoms with van der Waals surface area (Å²) >= 11 is 0. The number of hydrogen-bond donors (Lipinski definition) is 1. The highest BCUT2D eigenvalue weighted by molar-refractivity contribution is 7.84. The van der Waals surface area contributed by atoms with Crippen molar-refractivity contribution in [2.75, 3.05) is 12.8 Å². The standard InChI is InChI=1S/C10H20N2O2S/c1-5-9-10(13)12(8(3)11-9)6-7(2)15(4)14/h7-9,11H,5-6H2,1-4H3. The summed E-state index contributed by atoms with van der Waals surface area (Å²) in [7, 11) is -0.871. The van der Waals surface area contributed by atoms with Crippen LogP contribution in [0.4, 0.5) is 0 Å². The maximum Gasteiger partial charge on any atom is 0.241 e. The number of hydrogen-bond acceptors (Lipinski definition) is 3. The van der Waals surface area contributed by atoms with Crippen molar-refractivity contribution in [1.29, 1.82) is 0 Å². The van der Waals surface area contributed by atoms with Crippen LogP contribution in [0.2, 0.25) is 0 Å². The molecule has 0 aromatic heterocycles. The predicted octanol–water partition coefficient (Wildman–Crippen LogP) is 0.310. The molecule has 1 aliphatic rings. The Balaban J connectivity index is 2.62. The summed E-state index contributed by atoms with van der Waals surface area (Å²) in [5.74, 6) is 0.141. The van der Waals surface area contributed by atoms with E-state index < -0.39 is 10.8 Å². The second-order valence-corrected chi connectivity index (χ2v) is 5.91. The minimum Gasteiger partial charge on any atom is -0.325 e. The van der Waals surface area contributed by atoms with Gasteiger partial charge in [0, 0.05) is 28.9 Å². The van der Waals surface area contributed by atoms with Crippen LogP contribution in [0.3, 0.4) is 0 Å². The Hall–Kier alpha value is -0.420. The van der Waals surface area contributed by atoms with Crippen LogP contribution in [0.15, 0.2) is 0 Å². The highest BCUT2D eigenvalue weighted by Crippen LogP contribution is 2.14. The van der Waals surface area contributed by atoms with Gasteiger partial charge in [0.05, 0.1) is 12.2 Å². The third kappa shape index (κ3) is 2.78. The molecule has 0 aromatic rings. The maximum atomic E-state index is 11.9. The van der Waals surface area contributed by atoms with Gasteiger partial charge in [0.25, 0.3) is 0 Å². The number of amides is 1. The van der Waals surface area contributed by atoms with Crippen molar-refractivity contribution < 1.29 is 9.00 Å². The Bertz CT molecular complexity index is 270. The molecule has 1 saturated heterocycles. The van der Waals surface area contributed by atoms with Gasteiger partial charge in [-0.3, -0.25) is 14.3 Å². The van der Waals surface area contributed by atoms with E-state index in [-0.39, 0.29) is 23.4 Å². The fraction of sp³-hybridized carbons (Fsp3) is 0.900. The number of rotatable bonds is 4. The van der Waals surface area contributed by atoms with E-state index in [9.17, 15) is 9.00 Å². The van der Waals surface area contributed by atoms with Gasteiger partial charge in [0.1, 0.15) is 0 Å². The van der Waals surface area contributed by atoms with Gasteiger partial charge in [-0.25, -0.2) is 0 Å². The van der Waals surface area contributed by atoms with Crippen LogP contribution < -0.4 is 5.32 Å². The first-order valence-electron chi connectivity index (χ1n) is 5.36. The summed E-state index contributed by atoms with van der Waals surface area (Å²) in [6.07, 6.45) is 2.55. The van der Waals surface area contributed by atoms with Gasteiger partial charge in [-0.2, -0.15) is 0 Å². The normalized spacial score (nSPS) is 30.7. The molecule has 4 atom stereocenters. The zero-order chi connectivity index (χ0) is 11.6. The number of carbonyl (C=O) groups is 1. The average molecular weight is 232 g/mol. The first-order valence-corrected chi connectivity index (χ1v) is 6.98. The van der Waals surface area contributed by atoms with Crippen molar-refractivity contribution in [3.8, 4) is 0 Å². The lowest BCUT2D eigenvalue weighted by Gasteiger charge is -2.23. The summed E-state index contributed by atoms with van der Waals surface area (Å²) in [6, 6.07) is -0.0579. The van der Waals surface area contributed by atoms with Crippen LogP contribution >= 0.6 is 0 Å². The molecular formula is C10H20N2O2S. The van der Waals surface area contributed by atoms with Crippen LogP contribution in [-0.2, 0) is 15.6 Å². The molecule has 4 nitrogen and oxygen atoms in total. The van der Waals surface area contributed by atoms with Crippen molar-refractivity contribution in [3.05, 3.63) is 0 Å². The molecule has 0 aliphatic carbocycles. The van der Waals surface area contributed by atoms with Gasteiger partial charge in [0.2, 0.25) is 5.91 Å². The smallest absolute Gasteiger partial charge is 0.241 e. The van der Waals surface area contributed by atoms with Crippen LogP contribution in [0.1, 0.15) is 27.2 Å². The quantitative estimate of drug-likeness (QED) is 0.759. The van der Waals surface area contributed by atoms with Crippen LogP contribution in [0.5, 0.6) is 0 Å². The van der Waals surface area contributed by atoms with E-state index in [1.54, 1.807) is 11.2 Å². The molecule has 0 spiro atoms. The highest BCUT2D eigenvalue weighted by Gasteiger charge is 2.35. The number of carbonyl (C=O) groups excluding carboxylic acids is 1. The SMILES string of the molecule is CCC1NC(C)N(CC(C)S(C)=O)C1=O. The fourth-order valence-electron chi connectivity index (χ4n) is 1.77. The van der Waals surface area contributed by atoms with Gasteiger partial charge in [-0.05, 0) is 20.3 Å². The Morgan fingerprint density at radius 2 is 2.20 bits per heavy atom. The average Bonchev–Trinajstić information content (AvgIpc) is 2.44. The third-order valence-electron chi connectivity index (χ3n) is 2.92. The van der Waals surface area contributed by atoms with Crippen molar-refractivity contribution in [2.45, 2.75) is 44.6 Å². The van der Waals surface area contributed by atoms with E-state index in [1.165, 1.54) is 0 Å². The van der Waals surface area contributed by atoms with E-state index in [2.05, 4.69) is 5.32 Å². The molecule has 0 aromatic carbocycles. The van der Waals surface area contributed by atoms with Crippen molar-refractivity contribution in [2.24, 2.45) is 0 Å². The Morgan fingerprint density at radius 1 is 1.60 bits per heavy atom. The summed E-state index contributed by atoms with van der Waals surface area (Å²) in [6.45, 7) is 6.45. The summed E-state index contributed by atoms with van der Waals surface area (Å²) in [5.41, 5.74) is 0. The molecular weight excluding hydrogens is 212 g/mol. The van der Waals surface area contributed by atoms with Crippen LogP contribution in [0.25, 0.3) is 0 Å². The second-order valence-electron chi connectivity index (χ2n) is 4.10. The first kappa shape index (κ1) is 12.6. The first-order chi connectivity index (χ1) is 6.97. The molecule has 0 radical (unpaired) electrons. The van der Waals surface area contributed by atoms with Gasteiger partial charge in [-0.15, -0.1) is 0 Å². The fourth-order valence-corrected chi connectivity index (χ4v) is 2.14. The van der Waals surface area contributed by atoms with E-state index >= 15 is 0 Å². The van der Waals surface area contributed by atoms with Crippen LogP contribution in [0, 0.1) is 0 Å². The number of nitrogens with one attached hydrogen (secondary N) is 1. The molecule has 1 amide bonds.